The molecule has 0 aliphatic carbocycles. The number of hydrogen-bond acceptors (Lipinski definition) is 4. The van der Waals surface area contributed by atoms with Crippen LogP contribution in [0.5, 0.6) is 0 Å². The van der Waals surface area contributed by atoms with Crippen molar-refractivity contribution in [1.29, 1.82) is 0 Å². The van der Waals surface area contributed by atoms with Gasteiger partial charge in [0.05, 0.1) is 30.0 Å². The van der Waals surface area contributed by atoms with Crippen LogP contribution in [0.1, 0.15) is 42.2 Å². The maximum absolute atomic E-state index is 13.0. The van der Waals surface area contributed by atoms with Gasteiger partial charge in [0.2, 0.25) is 0 Å². The molecule has 0 unspecified atom stereocenters. The Hall–Kier alpha value is -2.99. The van der Waals surface area contributed by atoms with Crippen molar-refractivity contribution < 1.29 is 19.1 Å². The van der Waals surface area contributed by atoms with E-state index in [4.69, 9.17) is 4.74 Å². The Bertz CT molecular complexity index is 961. The second kappa shape index (κ2) is 6.63. The van der Waals surface area contributed by atoms with Gasteiger partial charge in [-0.05, 0) is 49.2 Å². The number of imide groups is 1. The average Bonchev–Trinajstić information content (AvgIpc) is 2.94. The molecule has 0 atom stereocenters. The first-order valence-electron chi connectivity index (χ1n) is 8.94. The number of amides is 3. The molecule has 0 radical (unpaired) electrons. The number of hydrogen-bond donors (Lipinski definition) is 0. The first-order valence-corrected chi connectivity index (χ1v) is 8.94. The first kappa shape index (κ1) is 17.4. The van der Waals surface area contributed by atoms with Crippen molar-refractivity contribution in [1.82, 2.24) is 4.90 Å². The highest BCUT2D eigenvalue weighted by molar-refractivity contribution is 6.35. The summed E-state index contributed by atoms with van der Waals surface area (Å²) in [6, 6.07) is 10.4. The molecule has 6 nitrogen and oxygen atoms in total. The van der Waals surface area contributed by atoms with E-state index in [0.29, 0.717) is 43.1 Å². The zero-order valence-electron chi connectivity index (χ0n) is 15.3. The topological polar surface area (TPSA) is 66.9 Å². The highest BCUT2D eigenvalue weighted by Crippen LogP contribution is 2.32. The second-order valence-electron chi connectivity index (χ2n) is 6.90. The van der Waals surface area contributed by atoms with Crippen LogP contribution in [0.15, 0.2) is 36.4 Å². The minimum Gasteiger partial charge on any atom is -0.378 e. The van der Waals surface area contributed by atoms with Crippen LogP contribution in [0.2, 0.25) is 0 Å². The van der Waals surface area contributed by atoms with E-state index in [-0.39, 0.29) is 23.3 Å². The van der Waals surface area contributed by atoms with E-state index in [1.54, 1.807) is 23.1 Å². The molecule has 1 fully saturated rings. The Morgan fingerprint density at radius 1 is 0.926 bits per heavy atom. The second-order valence-corrected chi connectivity index (χ2v) is 6.90. The largest absolute Gasteiger partial charge is 0.378 e. The molecule has 3 amide bonds. The first-order chi connectivity index (χ1) is 13.0. The highest BCUT2D eigenvalue weighted by Gasteiger charge is 2.38. The van der Waals surface area contributed by atoms with Gasteiger partial charge in [0.1, 0.15) is 0 Å². The van der Waals surface area contributed by atoms with E-state index in [9.17, 15) is 14.4 Å². The molecule has 1 saturated heterocycles. The normalized spacial score (nSPS) is 16.7. The Morgan fingerprint density at radius 2 is 1.63 bits per heavy atom. The summed E-state index contributed by atoms with van der Waals surface area (Å²) in [5.74, 6) is -0.888. The number of morpholine rings is 1. The van der Waals surface area contributed by atoms with Crippen LogP contribution >= 0.6 is 0 Å². The minimum atomic E-state index is -0.389. The van der Waals surface area contributed by atoms with Crippen molar-refractivity contribution in [2.45, 2.75) is 13.8 Å². The zero-order valence-corrected chi connectivity index (χ0v) is 15.3. The molecule has 2 heterocycles. The maximum Gasteiger partial charge on any atom is 0.266 e. The van der Waals surface area contributed by atoms with Gasteiger partial charge in [0.25, 0.3) is 17.7 Å². The molecule has 2 aliphatic heterocycles. The highest BCUT2D eigenvalue weighted by atomic mass is 16.5. The van der Waals surface area contributed by atoms with Gasteiger partial charge in [0.15, 0.2) is 0 Å². The molecule has 2 aromatic carbocycles. The number of carbonyl (C=O) groups excluding carboxylic acids is 3. The van der Waals surface area contributed by atoms with E-state index in [1.807, 2.05) is 32.0 Å². The number of carbonyl (C=O) groups is 3. The lowest BCUT2D eigenvalue weighted by molar-refractivity contribution is 0.0303. The summed E-state index contributed by atoms with van der Waals surface area (Å²) in [4.78, 5) is 41.4. The summed E-state index contributed by atoms with van der Waals surface area (Å²) < 4.78 is 5.28. The van der Waals surface area contributed by atoms with E-state index >= 15 is 0 Å². The quantitative estimate of drug-likeness (QED) is 0.768. The van der Waals surface area contributed by atoms with Crippen molar-refractivity contribution in [2.75, 3.05) is 31.2 Å². The Kier molecular flexibility index (Phi) is 4.28. The van der Waals surface area contributed by atoms with Gasteiger partial charge in [-0.25, -0.2) is 4.90 Å². The number of anilines is 1. The van der Waals surface area contributed by atoms with Crippen molar-refractivity contribution in [3.63, 3.8) is 0 Å². The van der Waals surface area contributed by atoms with E-state index in [1.165, 1.54) is 4.90 Å². The third-order valence-corrected chi connectivity index (χ3v) is 5.04. The number of aryl methyl sites for hydroxylation is 2. The molecule has 0 spiro atoms. The van der Waals surface area contributed by atoms with Crippen molar-refractivity contribution in [3.05, 3.63) is 64.2 Å². The van der Waals surface area contributed by atoms with Gasteiger partial charge in [-0.2, -0.15) is 0 Å². The summed E-state index contributed by atoms with van der Waals surface area (Å²) in [5.41, 5.74) is 3.43. The van der Waals surface area contributed by atoms with Crippen LogP contribution in [0, 0.1) is 13.8 Å². The third kappa shape index (κ3) is 2.92. The summed E-state index contributed by atoms with van der Waals surface area (Å²) in [7, 11) is 0. The van der Waals surface area contributed by atoms with Gasteiger partial charge in [0, 0.05) is 18.7 Å². The van der Waals surface area contributed by atoms with Gasteiger partial charge in [-0.3, -0.25) is 14.4 Å². The monoisotopic (exact) mass is 364 g/mol. The lowest BCUT2D eigenvalue weighted by atomic mass is 10.0. The zero-order chi connectivity index (χ0) is 19.1. The van der Waals surface area contributed by atoms with Crippen LogP contribution in [0.25, 0.3) is 0 Å². The molecule has 0 aromatic heterocycles. The van der Waals surface area contributed by atoms with E-state index < -0.39 is 0 Å². The van der Waals surface area contributed by atoms with Crippen molar-refractivity contribution in [3.8, 4) is 0 Å². The van der Waals surface area contributed by atoms with Crippen LogP contribution in [0.3, 0.4) is 0 Å². The molecule has 4 rings (SSSR count). The smallest absolute Gasteiger partial charge is 0.266 e. The van der Waals surface area contributed by atoms with E-state index in [0.717, 1.165) is 11.1 Å². The molecular formula is C21H20N2O4. The molecule has 27 heavy (non-hydrogen) atoms. The fourth-order valence-electron chi connectivity index (χ4n) is 3.50. The van der Waals surface area contributed by atoms with Crippen LogP contribution < -0.4 is 4.90 Å². The van der Waals surface area contributed by atoms with Gasteiger partial charge in [-0.1, -0.05) is 12.1 Å². The third-order valence-electron chi connectivity index (χ3n) is 5.04. The Labute approximate surface area is 157 Å². The van der Waals surface area contributed by atoms with Crippen LogP contribution in [-0.4, -0.2) is 48.9 Å². The van der Waals surface area contributed by atoms with Gasteiger partial charge < -0.3 is 9.64 Å². The molecule has 138 valence electrons. The maximum atomic E-state index is 13.0. The molecule has 0 bridgehead atoms. The lowest BCUT2D eigenvalue weighted by Crippen LogP contribution is -2.40. The van der Waals surface area contributed by atoms with Gasteiger partial charge in [-0.15, -0.1) is 0 Å². The summed E-state index contributed by atoms with van der Waals surface area (Å²) in [6.07, 6.45) is 0. The fraction of sp³-hybridized carbons (Fsp3) is 0.286. The standard InChI is InChI=1S/C21H20N2O4/c1-13-3-4-14(2)18(11-13)23-20(25)16-6-5-15(12-17(16)21(23)26)19(24)22-7-9-27-10-8-22/h3-6,11-12H,7-10H2,1-2H3. The Balaban J connectivity index is 1.69. The number of fused-ring (bicyclic) bond motifs is 1. The SMILES string of the molecule is Cc1ccc(C)c(N2C(=O)c3ccc(C(=O)N4CCOCC4)cc3C2=O)c1. The van der Waals surface area contributed by atoms with Crippen LogP contribution in [0.4, 0.5) is 5.69 Å². The molecule has 2 aromatic rings. The number of benzene rings is 2. The predicted molar refractivity (Wildman–Crippen MR) is 100 cm³/mol. The summed E-state index contributed by atoms with van der Waals surface area (Å²) >= 11 is 0. The van der Waals surface area contributed by atoms with Crippen LogP contribution in [-0.2, 0) is 4.74 Å². The molecule has 2 aliphatic rings. The van der Waals surface area contributed by atoms with Crippen molar-refractivity contribution >= 4 is 23.4 Å². The van der Waals surface area contributed by atoms with Crippen molar-refractivity contribution in [2.24, 2.45) is 0 Å². The molecule has 0 N–H and O–H groups in total. The molecule has 6 heteroatoms. The summed E-state index contributed by atoms with van der Waals surface area (Å²) in [5, 5.41) is 0. The minimum absolute atomic E-state index is 0.147. The fourth-order valence-corrected chi connectivity index (χ4v) is 3.50. The number of ether oxygens (including phenoxy) is 1. The van der Waals surface area contributed by atoms with Gasteiger partial charge >= 0.3 is 0 Å². The number of nitrogens with zero attached hydrogens (tertiary/aromatic N) is 2. The van der Waals surface area contributed by atoms with E-state index in [2.05, 4.69) is 0 Å². The summed E-state index contributed by atoms with van der Waals surface area (Å²) in [6.45, 7) is 5.85. The molecule has 0 saturated carbocycles. The molecular weight excluding hydrogens is 344 g/mol. The lowest BCUT2D eigenvalue weighted by Gasteiger charge is -2.26. The average molecular weight is 364 g/mol. The Morgan fingerprint density at radius 3 is 2.37 bits per heavy atom. The predicted octanol–water partition coefficient (Wildman–Crippen LogP) is 2.58. The number of rotatable bonds is 2.